The van der Waals surface area contributed by atoms with Gasteiger partial charge in [-0.2, -0.15) is 0 Å². The van der Waals surface area contributed by atoms with Gasteiger partial charge in [-0.3, -0.25) is 4.79 Å². The van der Waals surface area contributed by atoms with Gasteiger partial charge in [0.15, 0.2) is 0 Å². The number of carbonyl (C=O) groups is 1. The van der Waals surface area contributed by atoms with Gasteiger partial charge < -0.3 is 20.9 Å². The zero-order chi connectivity index (χ0) is 14.0. The van der Waals surface area contributed by atoms with Crippen LogP contribution < -0.4 is 11.1 Å². The maximum Gasteiger partial charge on any atom is 0.253 e. The Morgan fingerprint density at radius 3 is 2.89 bits per heavy atom. The summed E-state index contributed by atoms with van der Waals surface area (Å²) >= 11 is 0. The Bertz CT molecular complexity index is 588. The van der Waals surface area contributed by atoms with Crippen LogP contribution in [0, 0.1) is 0 Å². The summed E-state index contributed by atoms with van der Waals surface area (Å²) in [6, 6.07) is 5.60. The molecular formula is C14H20N4O. The van der Waals surface area contributed by atoms with Crippen molar-refractivity contribution in [2.45, 2.75) is 13.0 Å². The summed E-state index contributed by atoms with van der Waals surface area (Å²) in [5, 5.41) is 3.84. The number of aromatic amines is 1. The largest absolute Gasteiger partial charge is 0.399 e. The molecule has 5 heteroatoms. The molecule has 2 rings (SSSR count). The number of nitrogens with zero attached hydrogens (tertiary/aromatic N) is 1. The number of rotatable bonds is 4. The number of hydrogen-bond acceptors (Lipinski definition) is 3. The first kappa shape index (κ1) is 13.4. The van der Waals surface area contributed by atoms with Crippen LogP contribution in [0.1, 0.15) is 17.3 Å². The molecule has 0 saturated carbocycles. The summed E-state index contributed by atoms with van der Waals surface area (Å²) in [5.74, 6) is -0.0776. The van der Waals surface area contributed by atoms with Crippen LogP contribution in [0.25, 0.3) is 10.9 Å². The first-order chi connectivity index (χ1) is 8.97. The fraction of sp³-hybridized carbons (Fsp3) is 0.357. The fourth-order valence-corrected chi connectivity index (χ4v) is 2.22. The second-order valence-electron chi connectivity index (χ2n) is 5.14. The number of carbonyl (C=O) groups excluding carboxylic acids is 1. The molecule has 0 aliphatic heterocycles. The van der Waals surface area contributed by atoms with Crippen LogP contribution in [0.15, 0.2) is 24.4 Å². The molecule has 0 radical (unpaired) electrons. The maximum atomic E-state index is 12.2. The second-order valence-corrected chi connectivity index (χ2v) is 5.14. The van der Waals surface area contributed by atoms with E-state index in [0.29, 0.717) is 11.3 Å². The molecule has 0 fully saturated rings. The number of benzene rings is 1. The Morgan fingerprint density at radius 1 is 1.47 bits per heavy atom. The van der Waals surface area contributed by atoms with E-state index in [2.05, 4.69) is 10.3 Å². The van der Waals surface area contributed by atoms with E-state index >= 15 is 0 Å². The van der Waals surface area contributed by atoms with Gasteiger partial charge in [0.2, 0.25) is 0 Å². The molecule has 1 aromatic carbocycles. The summed E-state index contributed by atoms with van der Waals surface area (Å²) in [4.78, 5) is 17.4. The van der Waals surface area contributed by atoms with Crippen molar-refractivity contribution in [1.29, 1.82) is 0 Å². The Balaban J connectivity index is 2.19. The van der Waals surface area contributed by atoms with Gasteiger partial charge in [-0.1, -0.05) is 0 Å². The number of nitrogen functional groups attached to an aromatic ring is 1. The van der Waals surface area contributed by atoms with Gasteiger partial charge in [-0.25, -0.2) is 0 Å². The lowest BCUT2D eigenvalue weighted by Crippen LogP contribution is -2.39. The molecule has 0 aliphatic rings. The average Bonchev–Trinajstić information content (AvgIpc) is 2.70. The van der Waals surface area contributed by atoms with Gasteiger partial charge in [-0.05, 0) is 39.2 Å². The number of aromatic nitrogens is 1. The van der Waals surface area contributed by atoms with Gasteiger partial charge in [-0.15, -0.1) is 0 Å². The van der Waals surface area contributed by atoms with E-state index in [4.69, 9.17) is 5.73 Å². The minimum absolute atomic E-state index is 0.0776. The van der Waals surface area contributed by atoms with E-state index < -0.39 is 0 Å². The minimum Gasteiger partial charge on any atom is -0.399 e. The van der Waals surface area contributed by atoms with Crippen molar-refractivity contribution >= 4 is 22.5 Å². The molecule has 102 valence electrons. The maximum absolute atomic E-state index is 12.2. The summed E-state index contributed by atoms with van der Waals surface area (Å²) in [6.45, 7) is 2.79. The van der Waals surface area contributed by atoms with Gasteiger partial charge >= 0.3 is 0 Å². The molecule has 1 atom stereocenters. The van der Waals surface area contributed by atoms with E-state index in [1.54, 1.807) is 6.20 Å². The van der Waals surface area contributed by atoms with Crippen LogP contribution in [0.3, 0.4) is 0 Å². The Morgan fingerprint density at radius 2 is 2.21 bits per heavy atom. The monoisotopic (exact) mass is 260 g/mol. The lowest BCUT2D eigenvalue weighted by molar-refractivity contribution is 0.0936. The predicted molar refractivity (Wildman–Crippen MR) is 78.2 cm³/mol. The van der Waals surface area contributed by atoms with E-state index in [0.717, 1.165) is 17.4 Å². The zero-order valence-electron chi connectivity index (χ0n) is 11.5. The second kappa shape index (κ2) is 5.32. The number of nitrogens with two attached hydrogens (primary N) is 1. The van der Waals surface area contributed by atoms with E-state index in [-0.39, 0.29) is 11.9 Å². The van der Waals surface area contributed by atoms with Gasteiger partial charge in [0.25, 0.3) is 5.91 Å². The first-order valence-electron chi connectivity index (χ1n) is 6.29. The van der Waals surface area contributed by atoms with Crippen molar-refractivity contribution in [3.8, 4) is 0 Å². The summed E-state index contributed by atoms with van der Waals surface area (Å²) in [6.07, 6.45) is 1.72. The molecule has 1 amide bonds. The highest BCUT2D eigenvalue weighted by Crippen LogP contribution is 2.20. The van der Waals surface area contributed by atoms with Crippen LogP contribution in [0.4, 0.5) is 5.69 Å². The Hall–Kier alpha value is -2.01. The number of H-pyrrole nitrogens is 1. The minimum atomic E-state index is -0.0776. The Kier molecular flexibility index (Phi) is 3.76. The smallest absolute Gasteiger partial charge is 0.253 e. The molecule has 4 N–H and O–H groups in total. The highest BCUT2D eigenvalue weighted by molar-refractivity contribution is 6.07. The normalized spacial score (nSPS) is 12.8. The number of amides is 1. The lowest BCUT2D eigenvalue weighted by atomic mass is 10.1. The molecule has 5 nitrogen and oxygen atoms in total. The van der Waals surface area contributed by atoms with E-state index in [1.807, 2.05) is 44.1 Å². The van der Waals surface area contributed by atoms with Gasteiger partial charge in [0.05, 0.1) is 5.56 Å². The molecule has 1 aromatic heterocycles. The molecule has 1 unspecified atom stereocenters. The van der Waals surface area contributed by atoms with Crippen molar-refractivity contribution in [2.24, 2.45) is 0 Å². The number of hydrogen-bond donors (Lipinski definition) is 3. The van der Waals surface area contributed by atoms with Crippen LogP contribution in [0.5, 0.6) is 0 Å². The number of nitrogens with one attached hydrogen (secondary N) is 2. The molecule has 2 aromatic rings. The first-order valence-corrected chi connectivity index (χ1v) is 6.29. The van der Waals surface area contributed by atoms with Gasteiger partial charge in [0.1, 0.15) is 0 Å². The highest BCUT2D eigenvalue weighted by atomic mass is 16.1. The number of anilines is 1. The summed E-state index contributed by atoms with van der Waals surface area (Å²) in [5.41, 5.74) is 7.97. The van der Waals surface area contributed by atoms with Crippen LogP contribution >= 0.6 is 0 Å². The fourth-order valence-electron chi connectivity index (χ4n) is 2.22. The third kappa shape index (κ3) is 3.06. The van der Waals surface area contributed by atoms with Gasteiger partial charge in [0, 0.05) is 35.4 Å². The van der Waals surface area contributed by atoms with Crippen LogP contribution in [-0.4, -0.2) is 42.5 Å². The van der Waals surface area contributed by atoms with Crippen molar-refractivity contribution in [3.05, 3.63) is 30.0 Å². The third-order valence-electron chi connectivity index (χ3n) is 2.97. The van der Waals surface area contributed by atoms with Crippen molar-refractivity contribution in [2.75, 3.05) is 26.4 Å². The molecule has 0 bridgehead atoms. The molecular weight excluding hydrogens is 240 g/mol. The van der Waals surface area contributed by atoms with Crippen molar-refractivity contribution in [1.82, 2.24) is 15.2 Å². The third-order valence-corrected chi connectivity index (χ3v) is 2.97. The lowest BCUT2D eigenvalue weighted by Gasteiger charge is -2.18. The predicted octanol–water partition coefficient (Wildman–Crippen LogP) is 1.43. The van der Waals surface area contributed by atoms with Crippen LogP contribution in [-0.2, 0) is 0 Å². The van der Waals surface area contributed by atoms with Crippen LogP contribution in [0.2, 0.25) is 0 Å². The molecule has 0 aliphatic carbocycles. The highest BCUT2D eigenvalue weighted by Gasteiger charge is 2.14. The number of fused-ring (bicyclic) bond motifs is 1. The molecule has 19 heavy (non-hydrogen) atoms. The topological polar surface area (TPSA) is 74.2 Å². The summed E-state index contributed by atoms with van der Waals surface area (Å²) in [7, 11) is 3.96. The molecule has 1 heterocycles. The van der Waals surface area contributed by atoms with Crippen molar-refractivity contribution < 1.29 is 4.79 Å². The number of likely N-dealkylation sites (N-methyl/N-ethyl adjacent to an activating group) is 1. The SMILES string of the molecule is CC(CN(C)C)NC(=O)c1c[nH]c2ccc(N)cc12. The van der Waals surface area contributed by atoms with E-state index in [9.17, 15) is 4.79 Å². The van der Waals surface area contributed by atoms with E-state index in [1.165, 1.54) is 0 Å². The quantitative estimate of drug-likeness (QED) is 0.728. The van der Waals surface area contributed by atoms with Crippen molar-refractivity contribution in [3.63, 3.8) is 0 Å². The molecule has 0 saturated heterocycles. The Labute approximate surface area is 112 Å². The zero-order valence-corrected chi connectivity index (χ0v) is 11.5. The summed E-state index contributed by atoms with van der Waals surface area (Å²) < 4.78 is 0. The molecule has 0 spiro atoms. The average molecular weight is 260 g/mol. The standard InChI is InChI=1S/C14H20N4O/c1-9(8-18(2)3)17-14(19)12-7-16-13-5-4-10(15)6-11(12)13/h4-7,9,16H,8,15H2,1-3H3,(H,17,19).